The van der Waals surface area contributed by atoms with Gasteiger partial charge in [0.1, 0.15) is 12.4 Å². The van der Waals surface area contributed by atoms with E-state index in [0.717, 1.165) is 11.1 Å². The van der Waals surface area contributed by atoms with Crippen molar-refractivity contribution in [1.82, 2.24) is 14.9 Å². The molecule has 0 atom stereocenters. The van der Waals surface area contributed by atoms with Gasteiger partial charge >= 0.3 is 0 Å². The Balaban J connectivity index is 1.91. The molecule has 0 radical (unpaired) electrons. The highest BCUT2D eigenvalue weighted by Crippen LogP contribution is 2.20. The Morgan fingerprint density at radius 3 is 2.40 bits per heavy atom. The molecule has 2 aromatic carbocycles. The molecule has 0 fully saturated rings. The van der Waals surface area contributed by atoms with Crippen LogP contribution in [0.2, 0.25) is 5.02 Å². The maximum Gasteiger partial charge on any atom is 0.257 e. The van der Waals surface area contributed by atoms with Crippen LogP contribution in [-0.4, -0.2) is 27.2 Å². The second-order valence-corrected chi connectivity index (χ2v) is 7.57. The molecular weight excluding hydrogens is 402 g/mol. The van der Waals surface area contributed by atoms with Gasteiger partial charge in [0.25, 0.3) is 5.56 Å². The molecule has 6 nitrogen and oxygen atoms in total. The Morgan fingerprint density at radius 2 is 1.77 bits per heavy atom. The standard InChI is InChI=1S/C23H24ClN3O3/c1-15-3-5-17(6-4-15)13-25-21(29)14-27-22(18-7-9-19(24)10-8-18)26-16(2)20(11-12-28)23(27)30/h3-10,28H,11-14H2,1-2H3,(H,25,29). The van der Waals surface area contributed by atoms with Gasteiger partial charge in [-0.2, -0.15) is 0 Å². The summed E-state index contributed by atoms with van der Waals surface area (Å²) >= 11 is 5.98. The Kier molecular flexibility index (Phi) is 7.03. The Hall–Kier alpha value is -2.96. The topological polar surface area (TPSA) is 84.2 Å². The Bertz CT molecular complexity index is 1090. The van der Waals surface area contributed by atoms with Crippen LogP contribution in [0, 0.1) is 13.8 Å². The van der Waals surface area contributed by atoms with E-state index < -0.39 is 0 Å². The highest BCUT2D eigenvalue weighted by atomic mass is 35.5. The molecule has 2 N–H and O–H groups in total. The third-order valence-electron chi connectivity index (χ3n) is 4.85. The number of aliphatic hydroxyl groups is 1. The number of aromatic nitrogens is 2. The molecule has 1 heterocycles. The first-order valence-electron chi connectivity index (χ1n) is 9.68. The summed E-state index contributed by atoms with van der Waals surface area (Å²) in [6.45, 7) is 3.76. The largest absolute Gasteiger partial charge is 0.396 e. The average molecular weight is 426 g/mol. The second-order valence-electron chi connectivity index (χ2n) is 7.13. The molecule has 7 heteroatoms. The quantitative estimate of drug-likeness (QED) is 0.609. The van der Waals surface area contributed by atoms with E-state index in [1.165, 1.54) is 4.57 Å². The summed E-state index contributed by atoms with van der Waals surface area (Å²) in [5.41, 5.74) is 3.42. The molecular formula is C23H24ClN3O3. The van der Waals surface area contributed by atoms with Crippen molar-refractivity contribution in [3.05, 3.63) is 86.3 Å². The first-order chi connectivity index (χ1) is 14.4. The molecule has 0 unspecified atom stereocenters. The molecule has 3 aromatic rings. The summed E-state index contributed by atoms with van der Waals surface area (Å²) in [6, 6.07) is 14.8. The van der Waals surface area contributed by atoms with Crippen molar-refractivity contribution in [1.29, 1.82) is 0 Å². The van der Waals surface area contributed by atoms with Crippen LogP contribution >= 0.6 is 11.6 Å². The van der Waals surface area contributed by atoms with Crippen LogP contribution in [0.1, 0.15) is 22.4 Å². The molecule has 1 amide bonds. The van der Waals surface area contributed by atoms with Gasteiger partial charge in [0.15, 0.2) is 0 Å². The summed E-state index contributed by atoms with van der Waals surface area (Å²) in [5.74, 6) is 0.0924. The number of benzene rings is 2. The minimum atomic E-state index is -0.327. The van der Waals surface area contributed by atoms with Crippen molar-refractivity contribution in [3.8, 4) is 11.4 Å². The van der Waals surface area contributed by atoms with Gasteiger partial charge in [-0.15, -0.1) is 0 Å². The van der Waals surface area contributed by atoms with Crippen molar-refractivity contribution < 1.29 is 9.90 Å². The first-order valence-corrected chi connectivity index (χ1v) is 10.1. The van der Waals surface area contributed by atoms with Gasteiger partial charge in [0.05, 0.1) is 0 Å². The average Bonchev–Trinajstić information content (AvgIpc) is 2.73. The summed E-state index contributed by atoms with van der Waals surface area (Å²) < 4.78 is 1.35. The molecule has 0 aliphatic heterocycles. The van der Waals surface area contributed by atoms with E-state index in [1.54, 1.807) is 31.2 Å². The Morgan fingerprint density at radius 1 is 1.10 bits per heavy atom. The van der Waals surface area contributed by atoms with Crippen molar-refractivity contribution in [2.45, 2.75) is 33.4 Å². The molecule has 0 saturated carbocycles. The predicted molar refractivity (Wildman–Crippen MR) is 117 cm³/mol. The number of amides is 1. The van der Waals surface area contributed by atoms with Gasteiger partial charge in [0, 0.05) is 41.4 Å². The molecule has 0 saturated heterocycles. The van der Waals surface area contributed by atoms with Crippen LogP contribution in [0.25, 0.3) is 11.4 Å². The van der Waals surface area contributed by atoms with Crippen LogP contribution in [0.3, 0.4) is 0 Å². The minimum absolute atomic E-state index is 0.169. The number of aryl methyl sites for hydroxylation is 2. The molecule has 0 aliphatic carbocycles. The van der Waals surface area contributed by atoms with Crippen molar-refractivity contribution in [2.24, 2.45) is 0 Å². The predicted octanol–water partition coefficient (Wildman–Crippen LogP) is 3.03. The SMILES string of the molecule is Cc1ccc(CNC(=O)Cn2c(-c3ccc(Cl)cc3)nc(C)c(CCO)c2=O)cc1. The van der Waals surface area contributed by atoms with Gasteiger partial charge in [0.2, 0.25) is 5.91 Å². The molecule has 156 valence electrons. The summed E-state index contributed by atoms with van der Waals surface area (Å²) in [4.78, 5) is 30.3. The van der Waals surface area contributed by atoms with Crippen molar-refractivity contribution >= 4 is 17.5 Å². The van der Waals surface area contributed by atoms with Crippen molar-refractivity contribution in [2.75, 3.05) is 6.61 Å². The van der Waals surface area contributed by atoms with Gasteiger partial charge in [-0.3, -0.25) is 14.2 Å². The lowest BCUT2D eigenvalue weighted by atomic mass is 10.1. The van der Waals surface area contributed by atoms with Crippen molar-refractivity contribution in [3.63, 3.8) is 0 Å². The summed E-state index contributed by atoms with van der Waals surface area (Å²) in [5, 5.41) is 12.7. The third-order valence-corrected chi connectivity index (χ3v) is 5.10. The van der Waals surface area contributed by atoms with E-state index in [9.17, 15) is 14.7 Å². The number of carbonyl (C=O) groups excluding carboxylic acids is 1. The van der Waals surface area contributed by atoms with Gasteiger partial charge in [-0.05, 0) is 43.7 Å². The van der Waals surface area contributed by atoms with E-state index >= 15 is 0 Å². The van der Waals surface area contributed by atoms with Crippen LogP contribution in [0.5, 0.6) is 0 Å². The molecule has 3 rings (SSSR count). The number of hydrogen-bond donors (Lipinski definition) is 2. The minimum Gasteiger partial charge on any atom is -0.396 e. The van der Waals surface area contributed by atoms with E-state index in [0.29, 0.717) is 34.2 Å². The highest BCUT2D eigenvalue weighted by molar-refractivity contribution is 6.30. The van der Waals surface area contributed by atoms with Crippen LogP contribution in [0.15, 0.2) is 53.3 Å². The number of halogens is 1. The van der Waals surface area contributed by atoms with Crippen LogP contribution in [0.4, 0.5) is 0 Å². The normalized spacial score (nSPS) is 10.8. The lowest BCUT2D eigenvalue weighted by molar-refractivity contribution is -0.121. The number of aliphatic hydroxyl groups excluding tert-OH is 1. The zero-order valence-electron chi connectivity index (χ0n) is 17.0. The fourth-order valence-corrected chi connectivity index (χ4v) is 3.30. The molecule has 0 aliphatic rings. The fourth-order valence-electron chi connectivity index (χ4n) is 3.17. The number of nitrogens with one attached hydrogen (secondary N) is 1. The van der Waals surface area contributed by atoms with E-state index in [4.69, 9.17) is 11.6 Å². The maximum absolute atomic E-state index is 13.1. The fraction of sp³-hybridized carbons (Fsp3) is 0.261. The lowest BCUT2D eigenvalue weighted by Crippen LogP contribution is -2.35. The monoisotopic (exact) mass is 425 g/mol. The Labute approximate surface area is 180 Å². The highest BCUT2D eigenvalue weighted by Gasteiger charge is 2.17. The number of nitrogens with zero attached hydrogens (tertiary/aromatic N) is 2. The van der Waals surface area contributed by atoms with Crippen LogP contribution in [-0.2, 0) is 24.3 Å². The zero-order chi connectivity index (χ0) is 21.7. The first kappa shape index (κ1) is 21.7. The third kappa shape index (κ3) is 5.14. The van der Waals surface area contributed by atoms with Crippen LogP contribution < -0.4 is 10.9 Å². The molecule has 0 bridgehead atoms. The molecule has 1 aromatic heterocycles. The van der Waals surface area contributed by atoms with Gasteiger partial charge in [-0.1, -0.05) is 41.4 Å². The van der Waals surface area contributed by atoms with E-state index in [1.807, 2.05) is 31.2 Å². The maximum atomic E-state index is 13.1. The molecule has 0 spiro atoms. The van der Waals surface area contributed by atoms with Gasteiger partial charge in [-0.25, -0.2) is 4.98 Å². The zero-order valence-corrected chi connectivity index (χ0v) is 17.7. The van der Waals surface area contributed by atoms with Gasteiger partial charge < -0.3 is 10.4 Å². The summed E-state index contributed by atoms with van der Waals surface area (Å²) in [7, 11) is 0. The van der Waals surface area contributed by atoms with E-state index in [2.05, 4.69) is 10.3 Å². The van der Waals surface area contributed by atoms with E-state index in [-0.39, 0.29) is 31.0 Å². The summed E-state index contributed by atoms with van der Waals surface area (Å²) in [6.07, 6.45) is 0.184. The second kappa shape index (κ2) is 9.69. The number of carbonyl (C=O) groups is 1. The lowest BCUT2D eigenvalue weighted by Gasteiger charge is -2.16. The smallest absolute Gasteiger partial charge is 0.257 e. The number of hydrogen-bond acceptors (Lipinski definition) is 4. The number of rotatable bonds is 7. The molecule has 30 heavy (non-hydrogen) atoms.